The first-order valence-electron chi connectivity index (χ1n) is 6.74. The zero-order chi connectivity index (χ0) is 15.2. The van der Waals surface area contributed by atoms with Crippen molar-refractivity contribution in [2.75, 3.05) is 24.3 Å². The Hall–Kier alpha value is -2.62. The number of anilines is 2. The first kappa shape index (κ1) is 14.8. The molecular formula is C17H19N3O. The molecule has 21 heavy (non-hydrogen) atoms. The molecule has 1 N–H and O–H groups in total. The Bertz CT molecular complexity index is 628. The number of carbonyl (C=O) groups excluding carboxylic acids is 1. The molecule has 2 aromatic rings. The lowest BCUT2D eigenvalue weighted by molar-refractivity contribution is -0.114. The van der Waals surface area contributed by atoms with Crippen molar-refractivity contribution in [2.45, 2.75) is 6.92 Å². The first-order chi connectivity index (χ1) is 10.0. The lowest BCUT2D eigenvalue weighted by atomic mass is 10.2. The minimum absolute atomic E-state index is 0.0766. The number of rotatable bonds is 4. The largest absolute Gasteiger partial charge is 0.378 e. The van der Waals surface area contributed by atoms with Crippen LogP contribution >= 0.6 is 0 Å². The zero-order valence-electron chi connectivity index (χ0n) is 12.5. The number of aliphatic imine (C=N–C) groups is 1. The summed E-state index contributed by atoms with van der Waals surface area (Å²) < 4.78 is 0. The summed E-state index contributed by atoms with van der Waals surface area (Å²) in [5.41, 5.74) is 3.83. The number of nitrogens with one attached hydrogen (secondary N) is 1. The summed E-state index contributed by atoms with van der Waals surface area (Å²) in [5, 5.41) is 2.73. The molecule has 0 aliphatic heterocycles. The van der Waals surface area contributed by atoms with Crippen LogP contribution < -0.4 is 10.2 Å². The minimum Gasteiger partial charge on any atom is -0.378 e. The second kappa shape index (κ2) is 6.70. The maximum atomic E-state index is 10.9. The fraction of sp³-hybridized carbons (Fsp3) is 0.176. The van der Waals surface area contributed by atoms with Gasteiger partial charge in [-0.1, -0.05) is 12.1 Å². The Labute approximate surface area is 125 Å². The first-order valence-corrected chi connectivity index (χ1v) is 6.74. The molecular weight excluding hydrogens is 262 g/mol. The van der Waals surface area contributed by atoms with Crippen LogP contribution in [0, 0.1) is 0 Å². The molecule has 2 rings (SSSR count). The van der Waals surface area contributed by atoms with E-state index in [1.807, 2.05) is 56.7 Å². The molecule has 0 radical (unpaired) electrons. The minimum atomic E-state index is -0.0766. The Balaban J connectivity index is 2.05. The van der Waals surface area contributed by atoms with Crippen molar-refractivity contribution in [1.82, 2.24) is 0 Å². The molecule has 0 saturated heterocycles. The monoisotopic (exact) mass is 281 g/mol. The summed E-state index contributed by atoms with van der Waals surface area (Å²) in [6.45, 7) is 1.49. The molecule has 0 saturated carbocycles. The van der Waals surface area contributed by atoms with E-state index in [0.717, 1.165) is 22.6 Å². The standard InChI is InChI=1S/C17H19N3O/c1-13(21)19-16-8-6-15(7-9-16)18-12-14-4-10-17(11-5-14)20(2)3/h4-12H,1-3H3,(H,19,21). The van der Waals surface area contributed by atoms with Gasteiger partial charge in [0.15, 0.2) is 0 Å². The molecule has 0 atom stereocenters. The highest BCUT2D eigenvalue weighted by atomic mass is 16.1. The molecule has 0 aromatic heterocycles. The van der Waals surface area contributed by atoms with E-state index in [1.54, 1.807) is 0 Å². The van der Waals surface area contributed by atoms with Gasteiger partial charge < -0.3 is 10.2 Å². The summed E-state index contributed by atoms with van der Waals surface area (Å²) in [6, 6.07) is 15.6. The van der Waals surface area contributed by atoms with Crippen LogP contribution in [-0.2, 0) is 4.79 Å². The van der Waals surface area contributed by atoms with E-state index < -0.39 is 0 Å². The predicted molar refractivity (Wildman–Crippen MR) is 88.8 cm³/mol. The van der Waals surface area contributed by atoms with Gasteiger partial charge in [0.05, 0.1) is 5.69 Å². The van der Waals surface area contributed by atoms with E-state index in [4.69, 9.17) is 0 Å². The van der Waals surface area contributed by atoms with Gasteiger partial charge in [-0.15, -0.1) is 0 Å². The Morgan fingerprint density at radius 2 is 1.67 bits per heavy atom. The van der Waals surface area contributed by atoms with Crippen molar-refractivity contribution in [3.05, 3.63) is 54.1 Å². The summed E-state index contributed by atoms with van der Waals surface area (Å²) in [6.07, 6.45) is 1.83. The van der Waals surface area contributed by atoms with Crippen LogP contribution in [0.15, 0.2) is 53.5 Å². The third kappa shape index (κ3) is 4.45. The molecule has 0 heterocycles. The second-order valence-corrected chi connectivity index (χ2v) is 4.97. The van der Waals surface area contributed by atoms with Crippen molar-refractivity contribution in [3.63, 3.8) is 0 Å². The Kier molecular flexibility index (Phi) is 4.72. The molecule has 108 valence electrons. The van der Waals surface area contributed by atoms with Crippen LogP contribution in [0.5, 0.6) is 0 Å². The topological polar surface area (TPSA) is 44.7 Å². The normalized spacial score (nSPS) is 10.6. The summed E-state index contributed by atoms with van der Waals surface area (Å²) in [7, 11) is 4.03. The van der Waals surface area contributed by atoms with Crippen LogP contribution in [-0.4, -0.2) is 26.2 Å². The number of benzene rings is 2. The number of hydrogen-bond donors (Lipinski definition) is 1. The van der Waals surface area contributed by atoms with Crippen molar-refractivity contribution in [2.24, 2.45) is 4.99 Å². The van der Waals surface area contributed by atoms with Crippen LogP contribution in [0.3, 0.4) is 0 Å². The maximum absolute atomic E-state index is 10.9. The van der Waals surface area contributed by atoms with E-state index in [-0.39, 0.29) is 5.91 Å². The maximum Gasteiger partial charge on any atom is 0.221 e. The second-order valence-electron chi connectivity index (χ2n) is 4.97. The molecule has 0 aliphatic rings. The molecule has 4 nitrogen and oxygen atoms in total. The summed E-state index contributed by atoms with van der Waals surface area (Å²) in [5.74, 6) is -0.0766. The van der Waals surface area contributed by atoms with Crippen molar-refractivity contribution in [1.29, 1.82) is 0 Å². The molecule has 0 spiro atoms. The van der Waals surface area contributed by atoms with Crippen LogP contribution in [0.4, 0.5) is 17.1 Å². The van der Waals surface area contributed by atoms with Crippen LogP contribution in [0.25, 0.3) is 0 Å². The fourth-order valence-electron chi connectivity index (χ4n) is 1.84. The van der Waals surface area contributed by atoms with Crippen molar-refractivity contribution < 1.29 is 4.79 Å². The smallest absolute Gasteiger partial charge is 0.221 e. The van der Waals surface area contributed by atoms with Gasteiger partial charge in [0, 0.05) is 38.6 Å². The van der Waals surface area contributed by atoms with Gasteiger partial charge in [0.25, 0.3) is 0 Å². The number of hydrogen-bond acceptors (Lipinski definition) is 3. The van der Waals surface area contributed by atoms with Crippen LogP contribution in [0.1, 0.15) is 12.5 Å². The van der Waals surface area contributed by atoms with E-state index in [1.165, 1.54) is 6.92 Å². The highest BCUT2D eigenvalue weighted by Gasteiger charge is 1.96. The number of amides is 1. The molecule has 1 amide bonds. The summed E-state index contributed by atoms with van der Waals surface area (Å²) >= 11 is 0. The fourth-order valence-corrected chi connectivity index (χ4v) is 1.84. The van der Waals surface area contributed by atoms with Crippen molar-refractivity contribution in [3.8, 4) is 0 Å². The summed E-state index contributed by atoms with van der Waals surface area (Å²) in [4.78, 5) is 17.4. The average molecular weight is 281 g/mol. The molecule has 0 fully saturated rings. The van der Waals surface area contributed by atoms with E-state index in [0.29, 0.717) is 0 Å². The Morgan fingerprint density at radius 3 is 2.19 bits per heavy atom. The number of nitrogens with zero attached hydrogens (tertiary/aromatic N) is 2. The van der Waals surface area contributed by atoms with Crippen molar-refractivity contribution >= 4 is 29.2 Å². The lowest BCUT2D eigenvalue weighted by Gasteiger charge is -2.11. The van der Waals surface area contributed by atoms with E-state index in [2.05, 4.69) is 27.3 Å². The molecule has 0 unspecified atom stereocenters. The predicted octanol–water partition coefficient (Wildman–Crippen LogP) is 3.46. The molecule has 0 bridgehead atoms. The number of carbonyl (C=O) groups is 1. The average Bonchev–Trinajstić information content (AvgIpc) is 2.46. The molecule has 4 heteroatoms. The lowest BCUT2D eigenvalue weighted by Crippen LogP contribution is -2.08. The van der Waals surface area contributed by atoms with Gasteiger partial charge in [0.1, 0.15) is 0 Å². The highest BCUT2D eigenvalue weighted by Crippen LogP contribution is 2.17. The third-order valence-electron chi connectivity index (χ3n) is 2.96. The van der Waals surface area contributed by atoms with Gasteiger partial charge in [-0.25, -0.2) is 0 Å². The van der Waals surface area contributed by atoms with Crippen LogP contribution in [0.2, 0.25) is 0 Å². The van der Waals surface area contributed by atoms with Gasteiger partial charge in [0.2, 0.25) is 5.91 Å². The third-order valence-corrected chi connectivity index (χ3v) is 2.96. The Morgan fingerprint density at radius 1 is 1.05 bits per heavy atom. The van der Waals surface area contributed by atoms with Gasteiger partial charge in [-0.05, 0) is 42.0 Å². The quantitative estimate of drug-likeness (QED) is 0.872. The SMILES string of the molecule is CC(=O)Nc1ccc(N=Cc2ccc(N(C)C)cc2)cc1. The molecule has 0 aliphatic carbocycles. The highest BCUT2D eigenvalue weighted by molar-refractivity contribution is 5.89. The van der Waals surface area contributed by atoms with E-state index >= 15 is 0 Å². The zero-order valence-corrected chi connectivity index (χ0v) is 12.5. The van der Waals surface area contributed by atoms with Gasteiger partial charge in [-0.3, -0.25) is 9.79 Å². The van der Waals surface area contributed by atoms with E-state index in [9.17, 15) is 4.79 Å². The molecule has 2 aromatic carbocycles. The van der Waals surface area contributed by atoms with Gasteiger partial charge in [-0.2, -0.15) is 0 Å². The van der Waals surface area contributed by atoms with Gasteiger partial charge >= 0.3 is 0 Å².